The Labute approximate surface area is 153 Å². The summed E-state index contributed by atoms with van der Waals surface area (Å²) in [6.45, 7) is 2.58. The van der Waals surface area contributed by atoms with Gasteiger partial charge in [-0.2, -0.15) is 13.2 Å². The SMILES string of the molecule is O=C(Cc1csc(-c2cccc(C(F)(F)F)c2)n1)NCC1CCCNC1. The minimum Gasteiger partial charge on any atom is -0.355 e. The highest BCUT2D eigenvalue weighted by atomic mass is 32.1. The third-order valence-corrected chi connectivity index (χ3v) is 5.26. The number of halogens is 3. The van der Waals surface area contributed by atoms with Gasteiger partial charge in [-0.05, 0) is 44.0 Å². The Morgan fingerprint density at radius 1 is 1.38 bits per heavy atom. The van der Waals surface area contributed by atoms with E-state index in [-0.39, 0.29) is 12.3 Å². The van der Waals surface area contributed by atoms with Crippen LogP contribution in [-0.4, -0.2) is 30.5 Å². The molecule has 1 aromatic carbocycles. The number of hydrogen-bond acceptors (Lipinski definition) is 4. The van der Waals surface area contributed by atoms with Crippen LogP contribution in [0.2, 0.25) is 0 Å². The third kappa shape index (κ3) is 5.04. The second-order valence-corrected chi connectivity index (χ2v) is 7.27. The number of thiazole rings is 1. The van der Waals surface area contributed by atoms with Gasteiger partial charge in [-0.1, -0.05) is 12.1 Å². The predicted octanol–water partition coefficient (Wildman–Crippen LogP) is 3.49. The van der Waals surface area contributed by atoms with Crippen molar-refractivity contribution in [3.05, 3.63) is 40.9 Å². The van der Waals surface area contributed by atoms with Crippen molar-refractivity contribution in [3.63, 3.8) is 0 Å². The standard InChI is InChI=1S/C18H20F3N3OS/c19-18(20,21)14-5-1-4-13(7-14)17-24-15(11-26-17)8-16(25)23-10-12-3-2-6-22-9-12/h1,4-5,7,11-12,22H,2-3,6,8-10H2,(H,23,25). The highest BCUT2D eigenvalue weighted by molar-refractivity contribution is 7.13. The number of hydrogen-bond donors (Lipinski definition) is 2. The van der Waals surface area contributed by atoms with Crippen LogP contribution in [0.4, 0.5) is 13.2 Å². The summed E-state index contributed by atoms with van der Waals surface area (Å²) in [4.78, 5) is 16.4. The maximum Gasteiger partial charge on any atom is 0.416 e. The van der Waals surface area contributed by atoms with E-state index in [0.29, 0.717) is 28.7 Å². The monoisotopic (exact) mass is 383 g/mol. The molecule has 0 spiro atoms. The molecule has 0 bridgehead atoms. The molecular weight excluding hydrogens is 363 g/mol. The largest absolute Gasteiger partial charge is 0.416 e. The first-order chi connectivity index (χ1) is 12.4. The van der Waals surface area contributed by atoms with Crippen LogP contribution >= 0.6 is 11.3 Å². The molecule has 1 unspecified atom stereocenters. The number of nitrogens with one attached hydrogen (secondary N) is 2. The van der Waals surface area contributed by atoms with Crippen LogP contribution in [0.3, 0.4) is 0 Å². The molecule has 1 fully saturated rings. The summed E-state index contributed by atoms with van der Waals surface area (Å²) in [5.74, 6) is 0.334. The van der Waals surface area contributed by atoms with Crippen LogP contribution in [0.15, 0.2) is 29.6 Å². The third-order valence-electron chi connectivity index (χ3n) is 4.32. The van der Waals surface area contributed by atoms with Gasteiger partial charge in [0, 0.05) is 17.5 Å². The number of rotatable bonds is 5. The number of nitrogens with zero attached hydrogens (tertiary/aromatic N) is 1. The lowest BCUT2D eigenvalue weighted by molar-refractivity contribution is -0.137. The van der Waals surface area contributed by atoms with E-state index in [4.69, 9.17) is 0 Å². The maximum atomic E-state index is 12.8. The van der Waals surface area contributed by atoms with Gasteiger partial charge in [-0.25, -0.2) is 4.98 Å². The lowest BCUT2D eigenvalue weighted by Gasteiger charge is -2.22. The lowest BCUT2D eigenvalue weighted by atomic mass is 10.00. The first kappa shape index (κ1) is 18.8. The highest BCUT2D eigenvalue weighted by Crippen LogP contribution is 2.33. The van der Waals surface area contributed by atoms with E-state index in [0.717, 1.165) is 38.1 Å². The van der Waals surface area contributed by atoms with E-state index < -0.39 is 11.7 Å². The Morgan fingerprint density at radius 3 is 2.96 bits per heavy atom. The molecule has 3 rings (SSSR count). The van der Waals surface area contributed by atoms with E-state index in [1.165, 1.54) is 17.4 Å². The molecule has 4 nitrogen and oxygen atoms in total. The minimum absolute atomic E-state index is 0.114. The summed E-state index contributed by atoms with van der Waals surface area (Å²) in [6.07, 6.45) is -2.03. The molecule has 8 heteroatoms. The van der Waals surface area contributed by atoms with E-state index in [1.54, 1.807) is 11.4 Å². The van der Waals surface area contributed by atoms with E-state index in [9.17, 15) is 18.0 Å². The Balaban J connectivity index is 1.58. The molecule has 0 radical (unpaired) electrons. The Bertz CT molecular complexity index is 754. The number of alkyl halides is 3. The molecular formula is C18H20F3N3OS. The van der Waals surface area contributed by atoms with Crippen molar-refractivity contribution in [3.8, 4) is 10.6 Å². The molecule has 1 saturated heterocycles. The van der Waals surface area contributed by atoms with Gasteiger partial charge in [0.1, 0.15) is 5.01 Å². The summed E-state index contributed by atoms with van der Waals surface area (Å²) in [5.41, 5.74) is 0.275. The molecule has 1 aromatic heterocycles. The summed E-state index contributed by atoms with van der Waals surface area (Å²) in [7, 11) is 0. The fraction of sp³-hybridized carbons (Fsp3) is 0.444. The summed E-state index contributed by atoms with van der Waals surface area (Å²) < 4.78 is 38.5. The Hall–Kier alpha value is -1.93. The molecule has 1 atom stereocenters. The van der Waals surface area contributed by atoms with Crippen LogP contribution < -0.4 is 10.6 Å². The molecule has 140 valence electrons. The van der Waals surface area contributed by atoms with Crippen molar-refractivity contribution < 1.29 is 18.0 Å². The van der Waals surface area contributed by atoms with Crippen molar-refractivity contribution in [2.45, 2.75) is 25.4 Å². The topological polar surface area (TPSA) is 54.0 Å². The quantitative estimate of drug-likeness (QED) is 0.831. The second-order valence-electron chi connectivity index (χ2n) is 6.42. The van der Waals surface area contributed by atoms with Crippen LogP contribution in [0, 0.1) is 5.92 Å². The van der Waals surface area contributed by atoms with Crippen molar-refractivity contribution in [2.24, 2.45) is 5.92 Å². The Morgan fingerprint density at radius 2 is 2.23 bits per heavy atom. The summed E-state index contributed by atoms with van der Waals surface area (Å²) in [5, 5.41) is 8.42. The smallest absolute Gasteiger partial charge is 0.355 e. The lowest BCUT2D eigenvalue weighted by Crippen LogP contribution is -2.38. The van der Waals surface area contributed by atoms with Crippen molar-refractivity contribution in [1.82, 2.24) is 15.6 Å². The van der Waals surface area contributed by atoms with Crippen molar-refractivity contribution in [1.29, 1.82) is 0 Å². The second kappa shape index (κ2) is 8.18. The fourth-order valence-corrected chi connectivity index (χ4v) is 3.75. The van der Waals surface area contributed by atoms with Gasteiger partial charge in [0.25, 0.3) is 0 Å². The Kier molecular flexibility index (Phi) is 5.93. The van der Waals surface area contributed by atoms with Crippen LogP contribution in [0.5, 0.6) is 0 Å². The van der Waals surface area contributed by atoms with E-state index in [1.807, 2.05) is 0 Å². The molecule has 0 aliphatic carbocycles. The number of carbonyl (C=O) groups excluding carboxylic acids is 1. The molecule has 1 amide bonds. The zero-order chi connectivity index (χ0) is 18.6. The normalized spacial score (nSPS) is 17.9. The zero-order valence-corrected chi connectivity index (χ0v) is 14.9. The van der Waals surface area contributed by atoms with Crippen molar-refractivity contribution >= 4 is 17.2 Å². The average Bonchev–Trinajstić information content (AvgIpc) is 3.09. The maximum absolute atomic E-state index is 12.8. The van der Waals surface area contributed by atoms with Gasteiger partial charge in [0.2, 0.25) is 5.91 Å². The number of carbonyl (C=O) groups is 1. The molecule has 2 heterocycles. The molecule has 0 saturated carbocycles. The van der Waals surface area contributed by atoms with Gasteiger partial charge in [0.05, 0.1) is 17.7 Å². The first-order valence-electron chi connectivity index (χ1n) is 8.51. The first-order valence-corrected chi connectivity index (χ1v) is 9.39. The van der Waals surface area contributed by atoms with Gasteiger partial charge in [-0.15, -0.1) is 11.3 Å². The zero-order valence-electron chi connectivity index (χ0n) is 14.1. The number of piperidine rings is 1. The van der Waals surface area contributed by atoms with Gasteiger partial charge in [0.15, 0.2) is 0 Å². The molecule has 26 heavy (non-hydrogen) atoms. The van der Waals surface area contributed by atoms with E-state index in [2.05, 4.69) is 15.6 Å². The highest BCUT2D eigenvalue weighted by Gasteiger charge is 2.30. The summed E-state index contributed by atoms with van der Waals surface area (Å²) in [6, 6.07) is 5.07. The van der Waals surface area contributed by atoms with Crippen LogP contribution in [-0.2, 0) is 17.4 Å². The molecule has 2 aromatic rings. The summed E-state index contributed by atoms with van der Waals surface area (Å²) >= 11 is 1.24. The number of amides is 1. The minimum atomic E-state index is -4.38. The molecule has 1 aliphatic rings. The number of aromatic nitrogens is 1. The van der Waals surface area contributed by atoms with E-state index >= 15 is 0 Å². The number of benzene rings is 1. The average molecular weight is 383 g/mol. The van der Waals surface area contributed by atoms with Gasteiger partial charge < -0.3 is 10.6 Å². The van der Waals surface area contributed by atoms with Gasteiger partial charge >= 0.3 is 6.18 Å². The molecule has 2 N–H and O–H groups in total. The molecule has 1 aliphatic heterocycles. The fourth-order valence-electron chi connectivity index (χ4n) is 2.93. The predicted molar refractivity (Wildman–Crippen MR) is 94.9 cm³/mol. The van der Waals surface area contributed by atoms with Gasteiger partial charge in [-0.3, -0.25) is 4.79 Å². The van der Waals surface area contributed by atoms with Crippen LogP contribution in [0.1, 0.15) is 24.1 Å². The van der Waals surface area contributed by atoms with Crippen molar-refractivity contribution in [2.75, 3.05) is 19.6 Å². The van der Waals surface area contributed by atoms with Crippen LogP contribution in [0.25, 0.3) is 10.6 Å².